The molecule has 0 N–H and O–H groups in total. The fourth-order valence-corrected chi connectivity index (χ4v) is 2.59. The highest BCUT2D eigenvalue weighted by molar-refractivity contribution is 5.36. The molecule has 1 aliphatic heterocycles. The third kappa shape index (κ3) is 2.38. The van der Waals surface area contributed by atoms with E-state index < -0.39 is 0 Å². The Labute approximate surface area is 119 Å². The number of ether oxygens (including phenoxy) is 1. The molecule has 1 saturated heterocycles. The van der Waals surface area contributed by atoms with Crippen LogP contribution in [0.3, 0.4) is 0 Å². The first-order chi connectivity index (χ1) is 9.83. The van der Waals surface area contributed by atoms with Gasteiger partial charge in [0.15, 0.2) is 0 Å². The van der Waals surface area contributed by atoms with Crippen LogP contribution in [0.1, 0.15) is 17.2 Å². The third-order valence-corrected chi connectivity index (χ3v) is 3.72. The molecule has 2 aromatic rings. The zero-order chi connectivity index (χ0) is 13.9. The van der Waals surface area contributed by atoms with Crippen molar-refractivity contribution in [2.75, 3.05) is 7.11 Å². The van der Waals surface area contributed by atoms with Crippen LogP contribution >= 0.6 is 0 Å². The van der Waals surface area contributed by atoms with Crippen molar-refractivity contribution in [3.05, 3.63) is 65.7 Å². The molecule has 20 heavy (non-hydrogen) atoms. The quantitative estimate of drug-likeness (QED) is 0.796. The fourth-order valence-electron chi connectivity index (χ4n) is 2.59. The molecule has 100 valence electrons. The van der Waals surface area contributed by atoms with Crippen LogP contribution in [0.5, 0.6) is 5.75 Å². The van der Waals surface area contributed by atoms with Crippen LogP contribution in [0.25, 0.3) is 0 Å². The molecule has 3 nitrogen and oxygen atoms in total. The molecule has 1 aliphatic rings. The number of hydrogen-bond donors (Lipinski definition) is 0. The van der Waals surface area contributed by atoms with Gasteiger partial charge in [-0.05, 0) is 23.3 Å². The zero-order valence-electron chi connectivity index (χ0n) is 11.4. The van der Waals surface area contributed by atoms with Crippen molar-refractivity contribution in [3.63, 3.8) is 0 Å². The van der Waals surface area contributed by atoms with Gasteiger partial charge in [0.2, 0.25) is 0 Å². The van der Waals surface area contributed by atoms with Crippen LogP contribution in [0.15, 0.2) is 54.6 Å². The highest BCUT2D eigenvalue weighted by atomic mass is 16.5. The minimum absolute atomic E-state index is 0.0244. The summed E-state index contributed by atoms with van der Waals surface area (Å²) in [4.78, 5) is 2.21. The third-order valence-electron chi connectivity index (χ3n) is 3.72. The Bertz CT molecular complexity index is 616. The van der Waals surface area contributed by atoms with E-state index in [-0.39, 0.29) is 12.1 Å². The maximum atomic E-state index is 9.27. The molecule has 1 fully saturated rings. The SMILES string of the molecule is COc1ccc(C2C(C#N)N2Cc2ccccc2)cc1. The van der Waals surface area contributed by atoms with Crippen molar-refractivity contribution < 1.29 is 4.74 Å². The maximum Gasteiger partial charge on any atom is 0.119 e. The predicted molar refractivity (Wildman–Crippen MR) is 77.1 cm³/mol. The van der Waals surface area contributed by atoms with Crippen molar-refractivity contribution in [1.82, 2.24) is 4.90 Å². The Morgan fingerprint density at radius 3 is 2.40 bits per heavy atom. The number of benzene rings is 2. The molecule has 0 aromatic heterocycles. The molecule has 0 saturated carbocycles. The van der Waals surface area contributed by atoms with Gasteiger partial charge in [-0.15, -0.1) is 0 Å². The molecule has 0 bridgehead atoms. The first-order valence-corrected chi connectivity index (χ1v) is 6.66. The Kier molecular flexibility index (Phi) is 3.41. The lowest BCUT2D eigenvalue weighted by atomic mass is 10.1. The molecule has 3 heteroatoms. The van der Waals surface area contributed by atoms with Crippen LogP contribution in [0.4, 0.5) is 0 Å². The summed E-state index contributed by atoms with van der Waals surface area (Å²) in [5.74, 6) is 0.845. The fraction of sp³-hybridized carbons (Fsp3) is 0.235. The second-order valence-corrected chi connectivity index (χ2v) is 4.95. The molecular weight excluding hydrogens is 248 g/mol. The van der Waals surface area contributed by atoms with Crippen molar-refractivity contribution in [2.24, 2.45) is 0 Å². The van der Waals surface area contributed by atoms with Gasteiger partial charge in [-0.2, -0.15) is 5.26 Å². The van der Waals surface area contributed by atoms with E-state index >= 15 is 0 Å². The van der Waals surface area contributed by atoms with Gasteiger partial charge in [0, 0.05) is 6.54 Å². The largest absolute Gasteiger partial charge is 0.497 e. The van der Waals surface area contributed by atoms with Gasteiger partial charge in [0.05, 0.1) is 19.2 Å². The van der Waals surface area contributed by atoms with E-state index in [4.69, 9.17) is 4.74 Å². The minimum atomic E-state index is -0.0244. The minimum Gasteiger partial charge on any atom is -0.497 e. The molecule has 3 rings (SSSR count). The van der Waals surface area contributed by atoms with Gasteiger partial charge in [-0.25, -0.2) is 0 Å². The van der Waals surface area contributed by atoms with Gasteiger partial charge in [0.25, 0.3) is 0 Å². The number of nitriles is 1. The Morgan fingerprint density at radius 2 is 1.80 bits per heavy atom. The van der Waals surface area contributed by atoms with Crippen LogP contribution in [0.2, 0.25) is 0 Å². The summed E-state index contributed by atoms with van der Waals surface area (Å²) in [6.07, 6.45) is 0. The Balaban J connectivity index is 1.75. The Morgan fingerprint density at radius 1 is 1.10 bits per heavy atom. The predicted octanol–water partition coefficient (Wildman–Crippen LogP) is 3.14. The first kappa shape index (κ1) is 12.7. The number of rotatable bonds is 4. The van der Waals surface area contributed by atoms with Crippen LogP contribution < -0.4 is 4.74 Å². The summed E-state index contributed by atoms with van der Waals surface area (Å²) < 4.78 is 5.17. The average molecular weight is 264 g/mol. The van der Waals surface area contributed by atoms with E-state index in [0.717, 1.165) is 12.3 Å². The second kappa shape index (κ2) is 5.36. The lowest BCUT2D eigenvalue weighted by Crippen LogP contribution is -2.00. The Hall–Kier alpha value is -2.31. The number of hydrogen-bond acceptors (Lipinski definition) is 3. The van der Waals surface area contributed by atoms with E-state index in [2.05, 4.69) is 23.1 Å². The van der Waals surface area contributed by atoms with Crippen molar-refractivity contribution in [2.45, 2.75) is 18.6 Å². The molecule has 3 atom stereocenters. The average Bonchev–Trinajstić information content (AvgIpc) is 3.21. The van der Waals surface area contributed by atoms with Crippen molar-refractivity contribution in [1.29, 1.82) is 5.26 Å². The van der Waals surface area contributed by atoms with Crippen molar-refractivity contribution >= 4 is 0 Å². The summed E-state index contributed by atoms with van der Waals surface area (Å²) in [5.41, 5.74) is 2.41. The highest BCUT2D eigenvalue weighted by Crippen LogP contribution is 2.44. The number of nitrogens with zero attached hydrogens (tertiary/aromatic N) is 2. The van der Waals surface area contributed by atoms with Crippen LogP contribution in [-0.4, -0.2) is 18.1 Å². The molecule has 0 amide bonds. The topological polar surface area (TPSA) is 36.0 Å². The van der Waals surface area contributed by atoms with E-state index in [1.165, 1.54) is 11.1 Å². The molecule has 0 spiro atoms. The van der Waals surface area contributed by atoms with Crippen molar-refractivity contribution in [3.8, 4) is 11.8 Å². The summed E-state index contributed by atoms with van der Waals surface area (Å²) in [6.45, 7) is 0.815. The normalized spacial score (nSPS) is 23.9. The van der Waals surface area contributed by atoms with Gasteiger partial charge < -0.3 is 4.74 Å². The molecule has 2 aromatic carbocycles. The van der Waals surface area contributed by atoms with E-state index in [1.54, 1.807) is 7.11 Å². The smallest absolute Gasteiger partial charge is 0.119 e. The summed E-state index contributed by atoms with van der Waals surface area (Å²) in [6, 6.07) is 20.8. The van der Waals surface area contributed by atoms with Gasteiger partial charge in [-0.3, -0.25) is 4.90 Å². The maximum absolute atomic E-state index is 9.27. The standard InChI is InChI=1S/C17H16N2O/c1-20-15-9-7-14(8-10-15)17-16(11-18)19(17)12-13-5-3-2-4-6-13/h2-10,16-17H,12H2,1H3. The van der Waals surface area contributed by atoms with Crippen LogP contribution in [-0.2, 0) is 6.54 Å². The molecular formula is C17H16N2O. The van der Waals surface area contributed by atoms with Gasteiger partial charge >= 0.3 is 0 Å². The van der Waals surface area contributed by atoms with Gasteiger partial charge in [0.1, 0.15) is 11.8 Å². The van der Waals surface area contributed by atoms with E-state index in [0.29, 0.717) is 0 Å². The van der Waals surface area contributed by atoms with Gasteiger partial charge in [-0.1, -0.05) is 42.5 Å². The lowest BCUT2D eigenvalue weighted by molar-refractivity contribution is 0.414. The number of methoxy groups -OCH3 is 1. The lowest BCUT2D eigenvalue weighted by Gasteiger charge is -2.05. The van der Waals surface area contributed by atoms with E-state index in [1.807, 2.05) is 42.5 Å². The van der Waals surface area contributed by atoms with E-state index in [9.17, 15) is 5.26 Å². The summed E-state index contributed by atoms with van der Waals surface area (Å²) in [7, 11) is 1.66. The second-order valence-electron chi connectivity index (χ2n) is 4.95. The molecule has 1 heterocycles. The molecule has 0 aliphatic carbocycles. The monoisotopic (exact) mass is 264 g/mol. The molecule has 3 unspecified atom stereocenters. The zero-order valence-corrected chi connectivity index (χ0v) is 11.4. The summed E-state index contributed by atoms with van der Waals surface area (Å²) >= 11 is 0. The molecule has 0 radical (unpaired) electrons. The highest BCUT2D eigenvalue weighted by Gasteiger charge is 2.48. The summed E-state index contributed by atoms with van der Waals surface area (Å²) in [5, 5.41) is 9.27. The first-order valence-electron chi connectivity index (χ1n) is 6.66. The van der Waals surface area contributed by atoms with Crippen LogP contribution in [0, 0.1) is 11.3 Å².